The molecule has 0 unspecified atom stereocenters. The van der Waals surface area contributed by atoms with E-state index in [2.05, 4.69) is 25.0 Å². The van der Waals surface area contributed by atoms with Crippen LogP contribution in [-0.2, 0) is 10.0 Å². The summed E-state index contributed by atoms with van der Waals surface area (Å²) in [7, 11) is -3.95. The summed E-state index contributed by atoms with van der Waals surface area (Å²) in [5.41, 5.74) is 2.92. The summed E-state index contributed by atoms with van der Waals surface area (Å²) in [5, 5.41) is 13.0. The molecule has 0 bridgehead atoms. The predicted octanol–water partition coefficient (Wildman–Crippen LogP) is 3.79. The van der Waals surface area contributed by atoms with Gasteiger partial charge in [0.1, 0.15) is 5.82 Å². The highest BCUT2D eigenvalue weighted by atomic mass is 32.2. The van der Waals surface area contributed by atoms with Crippen molar-refractivity contribution >= 4 is 21.4 Å². The van der Waals surface area contributed by atoms with Crippen molar-refractivity contribution in [1.82, 2.24) is 24.8 Å². The molecular formula is C22H15FN6O2S. The molecule has 2 aromatic carbocycles. The molecular weight excluding hydrogens is 431 g/mol. The van der Waals surface area contributed by atoms with Crippen LogP contribution < -0.4 is 4.72 Å². The molecule has 3 heterocycles. The second-order valence-corrected chi connectivity index (χ2v) is 8.58. The zero-order chi connectivity index (χ0) is 22.1. The molecule has 158 valence electrons. The van der Waals surface area contributed by atoms with Gasteiger partial charge < -0.3 is 0 Å². The van der Waals surface area contributed by atoms with Gasteiger partial charge in [0.05, 0.1) is 10.6 Å². The smallest absolute Gasteiger partial charge is 0.261 e. The number of rotatable bonds is 5. The van der Waals surface area contributed by atoms with Crippen LogP contribution >= 0.6 is 0 Å². The van der Waals surface area contributed by atoms with Crippen LogP contribution in [0.4, 0.5) is 10.1 Å². The summed E-state index contributed by atoms with van der Waals surface area (Å²) >= 11 is 0. The second-order valence-electron chi connectivity index (χ2n) is 6.90. The molecule has 8 nitrogen and oxygen atoms in total. The number of sulfonamides is 1. The van der Waals surface area contributed by atoms with Gasteiger partial charge >= 0.3 is 0 Å². The summed E-state index contributed by atoms with van der Waals surface area (Å²) in [6.07, 6.45) is 3.34. The average Bonchev–Trinajstić information content (AvgIpc) is 3.23. The summed E-state index contributed by atoms with van der Waals surface area (Å²) in [6, 6.07) is 18.8. The van der Waals surface area contributed by atoms with Crippen LogP contribution in [0.25, 0.3) is 28.3 Å². The monoisotopic (exact) mass is 446 g/mol. The lowest BCUT2D eigenvalue weighted by Gasteiger charge is -2.10. The van der Waals surface area contributed by atoms with Crippen molar-refractivity contribution in [1.29, 1.82) is 0 Å². The van der Waals surface area contributed by atoms with Crippen molar-refractivity contribution < 1.29 is 12.8 Å². The normalized spacial score (nSPS) is 11.5. The average molecular weight is 446 g/mol. The zero-order valence-electron chi connectivity index (χ0n) is 16.4. The Kier molecular flexibility index (Phi) is 4.83. The third-order valence-electron chi connectivity index (χ3n) is 4.70. The van der Waals surface area contributed by atoms with Crippen LogP contribution in [0.1, 0.15) is 0 Å². The first-order valence-electron chi connectivity index (χ1n) is 9.51. The van der Waals surface area contributed by atoms with E-state index in [1.54, 1.807) is 53.3 Å². The number of anilines is 1. The number of nitrogens with zero attached hydrogens (tertiary/aromatic N) is 5. The maximum Gasteiger partial charge on any atom is 0.261 e. The van der Waals surface area contributed by atoms with Crippen molar-refractivity contribution in [2.45, 2.75) is 4.90 Å². The van der Waals surface area contributed by atoms with Gasteiger partial charge in [0.25, 0.3) is 10.0 Å². The van der Waals surface area contributed by atoms with E-state index in [0.717, 1.165) is 11.6 Å². The molecule has 0 amide bonds. The first-order chi connectivity index (χ1) is 15.5. The van der Waals surface area contributed by atoms with E-state index >= 15 is 0 Å². The third-order valence-corrected chi connectivity index (χ3v) is 6.08. The Morgan fingerprint density at radius 1 is 0.875 bits per heavy atom. The summed E-state index contributed by atoms with van der Waals surface area (Å²) < 4.78 is 42.8. The minimum absolute atomic E-state index is 0.159. The third kappa shape index (κ3) is 3.79. The highest BCUT2D eigenvalue weighted by molar-refractivity contribution is 7.92. The first-order valence-corrected chi connectivity index (χ1v) is 11.0. The fourth-order valence-corrected chi connectivity index (χ4v) is 4.29. The Hall–Kier alpha value is -4.18. The van der Waals surface area contributed by atoms with Crippen LogP contribution in [-0.4, -0.2) is 33.2 Å². The summed E-state index contributed by atoms with van der Waals surface area (Å²) in [5.74, 6) is -0.0876. The van der Waals surface area contributed by atoms with E-state index in [4.69, 9.17) is 0 Å². The Bertz CT molecular complexity index is 1540. The number of benzene rings is 2. The molecule has 0 spiro atoms. The topological polar surface area (TPSA) is 102 Å². The molecule has 5 aromatic rings. The lowest BCUT2D eigenvalue weighted by atomic mass is 10.1. The van der Waals surface area contributed by atoms with E-state index in [1.807, 2.05) is 12.1 Å². The van der Waals surface area contributed by atoms with Gasteiger partial charge in [0.2, 0.25) is 0 Å². The predicted molar refractivity (Wildman–Crippen MR) is 117 cm³/mol. The molecule has 1 N–H and O–H groups in total. The van der Waals surface area contributed by atoms with Crippen LogP contribution in [0.5, 0.6) is 0 Å². The molecule has 0 atom stereocenters. The maximum absolute atomic E-state index is 13.5. The van der Waals surface area contributed by atoms with Gasteiger partial charge in [-0.05, 0) is 54.6 Å². The Morgan fingerprint density at radius 2 is 1.72 bits per heavy atom. The molecule has 0 fully saturated rings. The standard InChI is InChI=1S/C22H15FN6O2S/c23-17-6-2-8-19(13-17)32(30,31)28-18-7-1-4-15(12-18)20-9-10-21-25-26-22(29(21)27-20)16-5-3-11-24-14-16/h1-14,28H. The van der Waals surface area contributed by atoms with E-state index < -0.39 is 15.8 Å². The molecule has 0 radical (unpaired) electrons. The van der Waals surface area contributed by atoms with E-state index in [9.17, 15) is 12.8 Å². The van der Waals surface area contributed by atoms with Crippen LogP contribution in [0.15, 0.2) is 90.1 Å². The molecule has 0 aliphatic rings. The Labute approximate surface area is 182 Å². The maximum atomic E-state index is 13.5. The van der Waals surface area contributed by atoms with Crippen LogP contribution in [0.3, 0.4) is 0 Å². The molecule has 0 aliphatic heterocycles. The lowest BCUT2D eigenvalue weighted by molar-refractivity contribution is 0.595. The Morgan fingerprint density at radius 3 is 2.53 bits per heavy atom. The lowest BCUT2D eigenvalue weighted by Crippen LogP contribution is -2.13. The highest BCUT2D eigenvalue weighted by Crippen LogP contribution is 2.25. The minimum atomic E-state index is -3.95. The van der Waals surface area contributed by atoms with Gasteiger partial charge in [-0.2, -0.15) is 9.61 Å². The van der Waals surface area contributed by atoms with E-state index in [-0.39, 0.29) is 4.90 Å². The van der Waals surface area contributed by atoms with Crippen molar-refractivity contribution in [3.05, 3.63) is 91.0 Å². The van der Waals surface area contributed by atoms with Gasteiger partial charge in [-0.15, -0.1) is 10.2 Å². The highest BCUT2D eigenvalue weighted by Gasteiger charge is 2.16. The minimum Gasteiger partial charge on any atom is -0.280 e. The fourth-order valence-electron chi connectivity index (χ4n) is 3.21. The van der Waals surface area contributed by atoms with E-state index in [1.165, 1.54) is 18.2 Å². The molecule has 32 heavy (non-hydrogen) atoms. The van der Waals surface area contributed by atoms with Gasteiger partial charge in [-0.3, -0.25) is 9.71 Å². The van der Waals surface area contributed by atoms with Crippen molar-refractivity contribution in [2.75, 3.05) is 4.72 Å². The van der Waals surface area contributed by atoms with Crippen molar-refractivity contribution in [2.24, 2.45) is 0 Å². The quantitative estimate of drug-likeness (QED) is 0.441. The van der Waals surface area contributed by atoms with Gasteiger partial charge in [0.15, 0.2) is 11.5 Å². The van der Waals surface area contributed by atoms with Crippen LogP contribution in [0, 0.1) is 5.82 Å². The molecule has 10 heteroatoms. The number of nitrogens with one attached hydrogen (secondary N) is 1. The van der Waals surface area contributed by atoms with Gasteiger partial charge in [0, 0.05) is 29.2 Å². The van der Waals surface area contributed by atoms with Crippen LogP contribution in [0.2, 0.25) is 0 Å². The number of fused-ring (bicyclic) bond motifs is 1. The van der Waals surface area contributed by atoms with Gasteiger partial charge in [-0.25, -0.2) is 12.8 Å². The molecule has 0 aliphatic carbocycles. The fraction of sp³-hybridized carbons (Fsp3) is 0. The Balaban J connectivity index is 1.50. The SMILES string of the molecule is O=S(=O)(Nc1cccc(-c2ccc3nnc(-c4cccnc4)n3n2)c1)c1cccc(F)c1. The number of aromatic nitrogens is 5. The number of hydrogen-bond donors (Lipinski definition) is 1. The van der Waals surface area contributed by atoms with Crippen molar-refractivity contribution in [3.8, 4) is 22.6 Å². The largest absolute Gasteiger partial charge is 0.280 e. The first kappa shape index (κ1) is 19.8. The number of halogens is 1. The molecule has 5 rings (SSSR count). The number of hydrogen-bond acceptors (Lipinski definition) is 6. The van der Waals surface area contributed by atoms with E-state index in [0.29, 0.717) is 28.4 Å². The van der Waals surface area contributed by atoms with Crippen molar-refractivity contribution in [3.63, 3.8) is 0 Å². The molecule has 3 aromatic heterocycles. The zero-order valence-corrected chi connectivity index (χ0v) is 17.2. The second kappa shape index (κ2) is 7.82. The molecule has 0 saturated carbocycles. The summed E-state index contributed by atoms with van der Waals surface area (Å²) in [6.45, 7) is 0. The van der Waals surface area contributed by atoms with Gasteiger partial charge in [-0.1, -0.05) is 18.2 Å². The molecule has 0 saturated heterocycles. The summed E-state index contributed by atoms with van der Waals surface area (Å²) in [4.78, 5) is 3.95. The number of pyridine rings is 1.